The Morgan fingerprint density at radius 3 is 2.65 bits per heavy atom. The van der Waals surface area contributed by atoms with E-state index in [9.17, 15) is 9.18 Å². The number of nitrogens with one attached hydrogen (secondary N) is 1. The zero-order valence-electron chi connectivity index (χ0n) is 13.2. The Morgan fingerprint density at radius 1 is 1.39 bits per heavy atom. The fourth-order valence-electron chi connectivity index (χ4n) is 2.20. The molecule has 2 rings (SSSR count). The van der Waals surface area contributed by atoms with Crippen molar-refractivity contribution in [3.8, 4) is 0 Å². The number of aryl methyl sites for hydroxylation is 1. The number of hydrogen-bond acceptors (Lipinski definition) is 5. The molecule has 0 aliphatic carbocycles. The van der Waals surface area contributed by atoms with Crippen LogP contribution in [0.4, 0.5) is 4.39 Å². The van der Waals surface area contributed by atoms with Gasteiger partial charge in [0.25, 0.3) is 0 Å². The first kappa shape index (κ1) is 17.0. The van der Waals surface area contributed by atoms with E-state index in [1.165, 1.54) is 16.8 Å². The van der Waals surface area contributed by atoms with Crippen LogP contribution in [0, 0.1) is 12.7 Å². The minimum Gasteiger partial charge on any atom is -0.354 e. The summed E-state index contributed by atoms with van der Waals surface area (Å²) >= 11 is 0. The van der Waals surface area contributed by atoms with Crippen molar-refractivity contribution in [2.24, 2.45) is 5.73 Å². The molecule has 3 N–H and O–H groups in total. The van der Waals surface area contributed by atoms with E-state index in [0.29, 0.717) is 25.2 Å². The molecule has 0 saturated heterocycles. The Bertz CT molecular complexity index is 640. The first-order valence-corrected chi connectivity index (χ1v) is 7.49. The maximum Gasteiger partial charge on any atom is 0.245 e. The quantitative estimate of drug-likeness (QED) is 0.784. The average Bonchev–Trinajstić information content (AvgIpc) is 2.92. The third-order valence-corrected chi connectivity index (χ3v) is 3.50. The Kier molecular flexibility index (Phi) is 5.75. The molecule has 1 aromatic carbocycles. The Hall–Kier alpha value is -2.35. The SMILES string of the molecule is Cc1nnnn1C(Cc1ccc(F)cc1)C(=O)NCCC(C)N. The summed E-state index contributed by atoms with van der Waals surface area (Å²) in [6, 6.07) is 5.46. The molecule has 2 aromatic rings. The Balaban J connectivity index is 2.13. The number of rotatable bonds is 7. The van der Waals surface area contributed by atoms with Crippen LogP contribution < -0.4 is 11.1 Å². The lowest BCUT2D eigenvalue weighted by atomic mass is 10.0. The molecule has 2 unspecified atom stereocenters. The molecule has 7 nitrogen and oxygen atoms in total. The van der Waals surface area contributed by atoms with E-state index in [2.05, 4.69) is 20.8 Å². The average molecular weight is 320 g/mol. The second-order valence-corrected chi connectivity index (χ2v) is 5.57. The van der Waals surface area contributed by atoms with E-state index in [1.54, 1.807) is 19.1 Å². The largest absolute Gasteiger partial charge is 0.354 e. The molecule has 0 saturated carbocycles. The first-order chi connectivity index (χ1) is 11.0. The van der Waals surface area contributed by atoms with Crippen LogP contribution in [0.25, 0.3) is 0 Å². The van der Waals surface area contributed by atoms with Gasteiger partial charge < -0.3 is 11.1 Å². The van der Waals surface area contributed by atoms with Gasteiger partial charge in [-0.3, -0.25) is 4.79 Å². The van der Waals surface area contributed by atoms with Crippen LogP contribution in [0.1, 0.15) is 30.8 Å². The van der Waals surface area contributed by atoms with Gasteiger partial charge in [-0.1, -0.05) is 12.1 Å². The molecular weight excluding hydrogens is 299 g/mol. The van der Waals surface area contributed by atoms with E-state index in [-0.39, 0.29) is 17.8 Å². The number of benzene rings is 1. The van der Waals surface area contributed by atoms with E-state index in [4.69, 9.17) is 5.73 Å². The topological polar surface area (TPSA) is 98.7 Å². The highest BCUT2D eigenvalue weighted by Gasteiger charge is 2.24. The standard InChI is InChI=1S/C15H21FN6O/c1-10(17)7-8-18-15(23)14(22-11(2)19-20-21-22)9-12-3-5-13(16)6-4-12/h3-6,10,14H,7-9,17H2,1-2H3,(H,18,23). The highest BCUT2D eigenvalue weighted by molar-refractivity contribution is 5.80. The fraction of sp³-hybridized carbons (Fsp3) is 0.467. The van der Waals surface area contributed by atoms with Crippen LogP contribution in [0.15, 0.2) is 24.3 Å². The maximum atomic E-state index is 13.0. The lowest BCUT2D eigenvalue weighted by Crippen LogP contribution is -2.37. The number of carbonyl (C=O) groups excluding carboxylic acids is 1. The monoisotopic (exact) mass is 320 g/mol. The van der Waals surface area contributed by atoms with Gasteiger partial charge in [-0.05, 0) is 48.4 Å². The third-order valence-electron chi connectivity index (χ3n) is 3.50. The summed E-state index contributed by atoms with van der Waals surface area (Å²) in [5.41, 5.74) is 6.51. The predicted octanol–water partition coefficient (Wildman–Crippen LogP) is 0.758. The van der Waals surface area contributed by atoms with Gasteiger partial charge in [0, 0.05) is 19.0 Å². The Morgan fingerprint density at radius 2 is 2.09 bits per heavy atom. The zero-order valence-corrected chi connectivity index (χ0v) is 13.2. The molecule has 2 atom stereocenters. The lowest BCUT2D eigenvalue weighted by Gasteiger charge is -2.18. The second-order valence-electron chi connectivity index (χ2n) is 5.57. The van der Waals surface area contributed by atoms with Crippen LogP contribution >= 0.6 is 0 Å². The second kappa shape index (κ2) is 7.77. The molecule has 1 amide bonds. The van der Waals surface area contributed by atoms with Crippen molar-refractivity contribution in [2.45, 2.75) is 38.8 Å². The zero-order chi connectivity index (χ0) is 16.8. The number of amides is 1. The number of nitrogens with zero attached hydrogens (tertiary/aromatic N) is 4. The van der Waals surface area contributed by atoms with Crippen molar-refractivity contribution in [1.29, 1.82) is 0 Å². The number of nitrogens with two attached hydrogens (primary N) is 1. The van der Waals surface area contributed by atoms with Gasteiger partial charge in [0.05, 0.1) is 0 Å². The molecule has 0 aliphatic heterocycles. The number of tetrazole rings is 1. The molecule has 124 valence electrons. The van der Waals surface area contributed by atoms with Crippen molar-refractivity contribution >= 4 is 5.91 Å². The molecule has 0 radical (unpaired) electrons. The van der Waals surface area contributed by atoms with E-state index < -0.39 is 6.04 Å². The van der Waals surface area contributed by atoms with Crippen LogP contribution in [-0.2, 0) is 11.2 Å². The van der Waals surface area contributed by atoms with Gasteiger partial charge in [0.15, 0.2) is 0 Å². The third kappa shape index (κ3) is 4.82. The maximum absolute atomic E-state index is 13.0. The van der Waals surface area contributed by atoms with Crippen LogP contribution in [0.5, 0.6) is 0 Å². The van der Waals surface area contributed by atoms with E-state index in [1.807, 2.05) is 6.92 Å². The first-order valence-electron chi connectivity index (χ1n) is 7.49. The Labute approximate surface area is 134 Å². The van der Waals surface area contributed by atoms with Crippen molar-refractivity contribution in [1.82, 2.24) is 25.5 Å². The molecular formula is C15H21FN6O. The van der Waals surface area contributed by atoms with Gasteiger partial charge in [-0.2, -0.15) is 0 Å². The van der Waals surface area contributed by atoms with Gasteiger partial charge in [-0.25, -0.2) is 9.07 Å². The summed E-state index contributed by atoms with van der Waals surface area (Å²) in [7, 11) is 0. The van der Waals surface area contributed by atoms with E-state index >= 15 is 0 Å². The number of carbonyl (C=O) groups is 1. The highest BCUT2D eigenvalue weighted by Crippen LogP contribution is 2.15. The summed E-state index contributed by atoms with van der Waals surface area (Å²) in [5, 5.41) is 14.2. The van der Waals surface area contributed by atoms with Crippen molar-refractivity contribution in [2.75, 3.05) is 6.54 Å². The van der Waals surface area contributed by atoms with Crippen molar-refractivity contribution in [3.05, 3.63) is 41.5 Å². The fourth-order valence-corrected chi connectivity index (χ4v) is 2.20. The molecule has 0 aliphatic rings. The van der Waals surface area contributed by atoms with Gasteiger partial charge in [-0.15, -0.1) is 5.10 Å². The van der Waals surface area contributed by atoms with Gasteiger partial charge in [0.2, 0.25) is 5.91 Å². The summed E-state index contributed by atoms with van der Waals surface area (Å²) in [6.07, 6.45) is 1.06. The normalized spacial score (nSPS) is 13.6. The van der Waals surface area contributed by atoms with Crippen molar-refractivity contribution < 1.29 is 9.18 Å². The van der Waals surface area contributed by atoms with Crippen LogP contribution in [0.2, 0.25) is 0 Å². The summed E-state index contributed by atoms with van der Waals surface area (Å²) in [6.45, 7) is 4.10. The minimum atomic E-state index is -0.594. The number of aromatic nitrogens is 4. The summed E-state index contributed by atoms with van der Waals surface area (Å²) in [4.78, 5) is 12.5. The number of halogens is 1. The predicted molar refractivity (Wildman–Crippen MR) is 83.0 cm³/mol. The van der Waals surface area contributed by atoms with Gasteiger partial charge in [0.1, 0.15) is 17.7 Å². The molecule has 0 fully saturated rings. The van der Waals surface area contributed by atoms with Gasteiger partial charge >= 0.3 is 0 Å². The molecule has 0 spiro atoms. The molecule has 1 aromatic heterocycles. The highest BCUT2D eigenvalue weighted by atomic mass is 19.1. The minimum absolute atomic E-state index is 0.0145. The molecule has 8 heteroatoms. The summed E-state index contributed by atoms with van der Waals surface area (Å²) < 4.78 is 14.5. The van der Waals surface area contributed by atoms with E-state index in [0.717, 1.165) is 5.56 Å². The summed E-state index contributed by atoms with van der Waals surface area (Å²) in [5.74, 6) is 0.0371. The van der Waals surface area contributed by atoms with Crippen molar-refractivity contribution in [3.63, 3.8) is 0 Å². The lowest BCUT2D eigenvalue weighted by molar-refractivity contribution is -0.124. The molecule has 23 heavy (non-hydrogen) atoms. The molecule has 0 bridgehead atoms. The van der Waals surface area contributed by atoms with Crippen LogP contribution in [-0.4, -0.2) is 38.7 Å². The smallest absolute Gasteiger partial charge is 0.245 e. The molecule has 1 heterocycles. The van der Waals surface area contributed by atoms with Crippen LogP contribution in [0.3, 0.4) is 0 Å². The number of hydrogen-bond donors (Lipinski definition) is 2.